The highest BCUT2D eigenvalue weighted by Crippen LogP contribution is 2.35. The Morgan fingerprint density at radius 1 is 0.951 bits per heavy atom. The van der Waals surface area contributed by atoms with Gasteiger partial charge in [-0.3, -0.25) is 9.59 Å². The topological polar surface area (TPSA) is 52.7 Å². The van der Waals surface area contributed by atoms with Crippen LogP contribution in [0.5, 0.6) is 0 Å². The van der Waals surface area contributed by atoms with Crippen LogP contribution >= 0.6 is 35.6 Å². The average molecular weight is 617 g/mol. The Hall–Kier alpha value is -2.57. The van der Waals surface area contributed by atoms with Gasteiger partial charge in [-0.25, -0.2) is 0 Å². The molecule has 1 aliphatic heterocycles. The number of rotatable bonds is 10. The van der Waals surface area contributed by atoms with Crippen LogP contribution in [0.1, 0.15) is 62.1 Å². The first-order valence-electron chi connectivity index (χ1n) is 14.0. The summed E-state index contributed by atoms with van der Waals surface area (Å²) in [6, 6.07) is 24.5. The van der Waals surface area contributed by atoms with Crippen LogP contribution in [0.2, 0.25) is 10.0 Å². The van der Waals surface area contributed by atoms with Gasteiger partial charge < -0.3 is 15.1 Å². The van der Waals surface area contributed by atoms with Gasteiger partial charge in [-0.1, -0.05) is 71.7 Å². The number of anilines is 1. The second kappa shape index (κ2) is 15.1. The summed E-state index contributed by atoms with van der Waals surface area (Å²) in [5, 5.41) is 4.41. The maximum atomic E-state index is 12.1. The van der Waals surface area contributed by atoms with Gasteiger partial charge in [0.1, 0.15) is 0 Å². The van der Waals surface area contributed by atoms with Gasteiger partial charge in [0.25, 0.3) is 0 Å². The van der Waals surface area contributed by atoms with Gasteiger partial charge in [0, 0.05) is 39.7 Å². The molecule has 8 heteroatoms. The standard InChI is InChI=1S/C33H39Cl2N3O2.ClH/c1-24(39)36-33(29-9-5-4-6-10-29)17-20-38(21-18-33)19-7-8-27(28-13-16-31(34)32(35)23-28)22-26-11-14-30(15-12-26)37(3)25(2)40;/h4-6,9-16,23,27H,7-8,17-22H2,1-3H3,(H,36,39);1H. The molecule has 0 aliphatic carbocycles. The Morgan fingerprint density at radius 2 is 1.61 bits per heavy atom. The molecule has 1 fully saturated rings. The van der Waals surface area contributed by atoms with Crippen molar-refractivity contribution in [1.82, 2.24) is 10.2 Å². The van der Waals surface area contributed by atoms with Crippen molar-refractivity contribution in [1.29, 1.82) is 0 Å². The van der Waals surface area contributed by atoms with E-state index in [2.05, 4.69) is 40.5 Å². The second-order valence-corrected chi connectivity index (χ2v) is 11.7. The molecule has 1 N–H and O–H groups in total. The summed E-state index contributed by atoms with van der Waals surface area (Å²) in [6.45, 7) is 6.06. The first-order chi connectivity index (χ1) is 19.2. The lowest BCUT2D eigenvalue weighted by Crippen LogP contribution is -2.52. The molecule has 3 aromatic rings. The third-order valence-corrected chi connectivity index (χ3v) is 8.91. The molecule has 1 saturated heterocycles. The Balaban J connectivity index is 0.00000462. The number of piperidine rings is 1. The summed E-state index contributed by atoms with van der Waals surface area (Å²) in [5.74, 6) is 0.318. The highest BCUT2D eigenvalue weighted by molar-refractivity contribution is 6.42. The van der Waals surface area contributed by atoms with E-state index in [-0.39, 0.29) is 29.8 Å². The molecule has 220 valence electrons. The van der Waals surface area contributed by atoms with Crippen molar-refractivity contribution >= 4 is 53.1 Å². The number of amides is 2. The number of benzene rings is 3. The largest absolute Gasteiger partial charge is 0.347 e. The van der Waals surface area contributed by atoms with E-state index < -0.39 is 0 Å². The zero-order chi connectivity index (χ0) is 28.7. The third kappa shape index (κ3) is 8.71. The van der Waals surface area contributed by atoms with Crippen LogP contribution in [0.25, 0.3) is 0 Å². The van der Waals surface area contributed by atoms with Crippen molar-refractivity contribution in [2.45, 2.75) is 57.4 Å². The summed E-state index contributed by atoms with van der Waals surface area (Å²) in [4.78, 5) is 28.0. The molecule has 3 aromatic carbocycles. The Bertz CT molecular complexity index is 1290. The Morgan fingerprint density at radius 3 is 2.20 bits per heavy atom. The Labute approximate surface area is 260 Å². The van der Waals surface area contributed by atoms with Crippen LogP contribution in [-0.2, 0) is 21.5 Å². The van der Waals surface area contributed by atoms with Gasteiger partial charge in [-0.15, -0.1) is 12.4 Å². The lowest BCUT2D eigenvalue weighted by atomic mass is 9.80. The molecule has 1 aliphatic rings. The molecular weight excluding hydrogens is 577 g/mol. The van der Waals surface area contributed by atoms with Crippen molar-refractivity contribution < 1.29 is 9.59 Å². The normalized spacial score (nSPS) is 15.4. The van der Waals surface area contributed by atoms with E-state index in [0.717, 1.165) is 57.4 Å². The predicted molar refractivity (Wildman–Crippen MR) is 173 cm³/mol. The maximum absolute atomic E-state index is 12.1. The van der Waals surface area contributed by atoms with Crippen molar-refractivity contribution in [2.75, 3.05) is 31.6 Å². The summed E-state index contributed by atoms with van der Waals surface area (Å²) < 4.78 is 0. The molecule has 0 saturated carbocycles. The molecule has 1 atom stereocenters. The van der Waals surface area contributed by atoms with Crippen LogP contribution in [0.3, 0.4) is 0 Å². The number of likely N-dealkylation sites (tertiary alicyclic amines) is 1. The number of nitrogens with zero attached hydrogens (tertiary/aromatic N) is 2. The minimum Gasteiger partial charge on any atom is -0.347 e. The molecule has 0 aromatic heterocycles. The number of halogens is 3. The molecule has 4 rings (SSSR count). The van der Waals surface area contributed by atoms with Gasteiger partial charge in [-0.05, 0) is 85.5 Å². The second-order valence-electron chi connectivity index (χ2n) is 10.9. The lowest BCUT2D eigenvalue weighted by Gasteiger charge is -2.43. The molecule has 1 heterocycles. The Kier molecular flexibility index (Phi) is 12.1. The molecule has 0 spiro atoms. The fraction of sp³-hybridized carbons (Fsp3) is 0.394. The van der Waals surface area contributed by atoms with Crippen LogP contribution < -0.4 is 10.2 Å². The van der Waals surface area contributed by atoms with Gasteiger partial charge in [-0.2, -0.15) is 0 Å². The zero-order valence-electron chi connectivity index (χ0n) is 24.0. The van der Waals surface area contributed by atoms with E-state index in [4.69, 9.17) is 23.2 Å². The van der Waals surface area contributed by atoms with Crippen molar-refractivity contribution in [3.8, 4) is 0 Å². The van der Waals surface area contributed by atoms with E-state index in [0.29, 0.717) is 16.0 Å². The van der Waals surface area contributed by atoms with Crippen LogP contribution in [0.4, 0.5) is 5.69 Å². The molecule has 2 amide bonds. The summed E-state index contributed by atoms with van der Waals surface area (Å²) in [5.41, 5.74) is 4.18. The molecule has 1 unspecified atom stereocenters. The average Bonchev–Trinajstić information content (AvgIpc) is 2.95. The van der Waals surface area contributed by atoms with E-state index >= 15 is 0 Å². The monoisotopic (exact) mass is 615 g/mol. The minimum atomic E-state index is -0.297. The molecule has 0 bridgehead atoms. The number of hydrogen-bond donors (Lipinski definition) is 1. The quantitative estimate of drug-likeness (QED) is 0.255. The maximum Gasteiger partial charge on any atom is 0.223 e. The molecule has 0 radical (unpaired) electrons. The zero-order valence-corrected chi connectivity index (χ0v) is 26.4. The van der Waals surface area contributed by atoms with Crippen LogP contribution in [-0.4, -0.2) is 43.4 Å². The first-order valence-corrected chi connectivity index (χ1v) is 14.8. The van der Waals surface area contributed by atoms with Gasteiger partial charge in [0.2, 0.25) is 11.8 Å². The van der Waals surface area contributed by atoms with E-state index in [1.165, 1.54) is 16.7 Å². The highest BCUT2D eigenvalue weighted by Gasteiger charge is 2.36. The third-order valence-electron chi connectivity index (χ3n) is 8.17. The first kappa shape index (κ1) is 32.9. The lowest BCUT2D eigenvalue weighted by molar-refractivity contribution is -0.121. The fourth-order valence-corrected chi connectivity index (χ4v) is 6.08. The predicted octanol–water partition coefficient (Wildman–Crippen LogP) is 7.63. The van der Waals surface area contributed by atoms with Crippen molar-refractivity contribution in [2.24, 2.45) is 0 Å². The van der Waals surface area contributed by atoms with Crippen LogP contribution in [0.15, 0.2) is 72.8 Å². The van der Waals surface area contributed by atoms with Crippen molar-refractivity contribution in [3.63, 3.8) is 0 Å². The number of carbonyl (C=O) groups excluding carboxylic acids is 2. The molecular formula is C33H40Cl3N3O2. The SMILES string of the molecule is CC(=O)NC1(c2ccccc2)CCN(CCCC(Cc2ccc(N(C)C(C)=O)cc2)c2ccc(Cl)c(Cl)c2)CC1.Cl. The molecule has 5 nitrogen and oxygen atoms in total. The van der Waals surface area contributed by atoms with E-state index in [1.54, 1.807) is 25.8 Å². The number of carbonyl (C=O) groups is 2. The van der Waals surface area contributed by atoms with Crippen LogP contribution in [0, 0.1) is 0 Å². The van der Waals surface area contributed by atoms with E-state index in [1.807, 2.05) is 42.5 Å². The number of nitrogens with one attached hydrogen (secondary N) is 1. The molecule has 41 heavy (non-hydrogen) atoms. The van der Waals surface area contributed by atoms with Crippen molar-refractivity contribution in [3.05, 3.63) is 99.5 Å². The highest BCUT2D eigenvalue weighted by atomic mass is 35.5. The summed E-state index contributed by atoms with van der Waals surface area (Å²) in [6.07, 6.45) is 4.73. The fourth-order valence-electron chi connectivity index (χ4n) is 5.77. The van der Waals surface area contributed by atoms with E-state index in [9.17, 15) is 9.59 Å². The van der Waals surface area contributed by atoms with Gasteiger partial charge in [0.15, 0.2) is 0 Å². The smallest absolute Gasteiger partial charge is 0.223 e. The van der Waals surface area contributed by atoms with Gasteiger partial charge >= 0.3 is 0 Å². The summed E-state index contributed by atoms with van der Waals surface area (Å²) >= 11 is 12.6. The van der Waals surface area contributed by atoms with Gasteiger partial charge in [0.05, 0.1) is 15.6 Å². The minimum absolute atomic E-state index is 0. The summed E-state index contributed by atoms with van der Waals surface area (Å²) in [7, 11) is 1.79. The number of hydrogen-bond acceptors (Lipinski definition) is 3.